The number of carbonyl (C=O) groups is 2. The van der Waals surface area contributed by atoms with E-state index in [-0.39, 0.29) is 35.9 Å². The number of hydrogen-bond donors (Lipinski definition) is 3. The van der Waals surface area contributed by atoms with Crippen molar-refractivity contribution in [2.75, 3.05) is 20.3 Å². The molecular formula is C16H24N2O6S. The van der Waals surface area contributed by atoms with Crippen LogP contribution in [-0.2, 0) is 19.6 Å². The van der Waals surface area contributed by atoms with E-state index in [1.807, 2.05) is 13.8 Å². The van der Waals surface area contributed by atoms with Crippen molar-refractivity contribution in [1.82, 2.24) is 10.0 Å². The fourth-order valence-corrected chi connectivity index (χ4v) is 3.16. The van der Waals surface area contributed by atoms with Crippen LogP contribution < -0.4 is 10.0 Å². The minimum absolute atomic E-state index is 0.0737. The normalized spacial score (nSPS) is 12.8. The number of hydrogen-bond acceptors (Lipinski definition) is 5. The van der Waals surface area contributed by atoms with Gasteiger partial charge in [0.2, 0.25) is 10.0 Å². The topological polar surface area (TPSA) is 122 Å². The van der Waals surface area contributed by atoms with E-state index >= 15 is 0 Å². The van der Waals surface area contributed by atoms with Crippen molar-refractivity contribution in [3.05, 3.63) is 29.8 Å². The number of carbonyl (C=O) groups excluding carboxylic acids is 1. The summed E-state index contributed by atoms with van der Waals surface area (Å²) in [5.74, 6) is -1.69. The number of methoxy groups -OCH3 is 1. The molecule has 0 bridgehead atoms. The Balaban J connectivity index is 2.92. The highest BCUT2D eigenvalue weighted by Crippen LogP contribution is 2.12. The van der Waals surface area contributed by atoms with Crippen LogP contribution in [0.1, 0.15) is 30.6 Å². The molecule has 9 heteroatoms. The van der Waals surface area contributed by atoms with Gasteiger partial charge < -0.3 is 15.2 Å². The van der Waals surface area contributed by atoms with Gasteiger partial charge in [-0.2, -0.15) is 0 Å². The maximum Gasteiger partial charge on any atom is 0.326 e. The molecule has 1 aromatic carbocycles. The summed E-state index contributed by atoms with van der Waals surface area (Å²) in [6.07, 6.45) is 0.275. The van der Waals surface area contributed by atoms with Gasteiger partial charge in [-0.15, -0.1) is 0 Å². The van der Waals surface area contributed by atoms with Crippen molar-refractivity contribution >= 4 is 21.9 Å². The molecule has 0 aliphatic rings. The molecule has 8 nitrogen and oxygen atoms in total. The second-order valence-corrected chi connectivity index (χ2v) is 7.68. The number of rotatable bonds is 10. The first kappa shape index (κ1) is 21.1. The molecule has 1 amide bonds. The number of benzene rings is 1. The average molecular weight is 372 g/mol. The van der Waals surface area contributed by atoms with Gasteiger partial charge in [-0.1, -0.05) is 19.9 Å². The van der Waals surface area contributed by atoms with E-state index < -0.39 is 27.9 Å². The lowest BCUT2D eigenvalue weighted by Gasteiger charge is -2.16. The summed E-state index contributed by atoms with van der Waals surface area (Å²) in [6, 6.07) is 4.39. The third kappa shape index (κ3) is 6.81. The number of carboxylic acids is 1. The summed E-state index contributed by atoms with van der Waals surface area (Å²) in [4.78, 5) is 23.4. The van der Waals surface area contributed by atoms with Crippen LogP contribution in [0.25, 0.3) is 0 Å². The molecule has 0 heterocycles. The van der Waals surface area contributed by atoms with E-state index in [0.717, 1.165) is 0 Å². The molecule has 0 aliphatic carbocycles. The van der Waals surface area contributed by atoms with E-state index in [1.54, 1.807) is 0 Å². The largest absolute Gasteiger partial charge is 0.480 e. The minimum atomic E-state index is -3.78. The molecular weight excluding hydrogens is 348 g/mol. The zero-order chi connectivity index (χ0) is 19.0. The molecule has 0 unspecified atom stereocenters. The fourth-order valence-electron chi connectivity index (χ4n) is 2.10. The lowest BCUT2D eigenvalue weighted by Crippen LogP contribution is -2.41. The summed E-state index contributed by atoms with van der Waals surface area (Å²) >= 11 is 0. The zero-order valence-corrected chi connectivity index (χ0v) is 15.3. The first-order valence-electron chi connectivity index (χ1n) is 7.79. The van der Waals surface area contributed by atoms with Crippen LogP contribution in [0.4, 0.5) is 0 Å². The van der Waals surface area contributed by atoms with Crippen LogP contribution >= 0.6 is 0 Å². The van der Waals surface area contributed by atoms with Crippen molar-refractivity contribution in [3.8, 4) is 0 Å². The molecule has 1 rings (SSSR count). The number of amides is 1. The highest BCUT2D eigenvalue weighted by atomic mass is 32.2. The molecule has 140 valence electrons. The summed E-state index contributed by atoms with van der Waals surface area (Å²) in [7, 11) is -2.33. The van der Waals surface area contributed by atoms with E-state index in [4.69, 9.17) is 4.74 Å². The molecule has 0 radical (unpaired) electrons. The molecule has 0 saturated heterocycles. The average Bonchev–Trinajstić information content (AvgIpc) is 2.54. The molecule has 0 aliphatic heterocycles. The molecule has 1 atom stereocenters. The zero-order valence-electron chi connectivity index (χ0n) is 14.5. The van der Waals surface area contributed by atoms with Gasteiger partial charge in [0.25, 0.3) is 5.91 Å². The van der Waals surface area contributed by atoms with Crippen molar-refractivity contribution < 1.29 is 27.9 Å². The fraction of sp³-hybridized carbons (Fsp3) is 0.500. The summed E-state index contributed by atoms with van der Waals surface area (Å²) in [5, 5.41) is 11.6. The van der Waals surface area contributed by atoms with Crippen LogP contribution in [-0.4, -0.2) is 51.7 Å². The highest BCUT2D eigenvalue weighted by molar-refractivity contribution is 7.89. The smallest absolute Gasteiger partial charge is 0.326 e. The molecule has 0 aromatic heterocycles. The Morgan fingerprint density at radius 3 is 2.52 bits per heavy atom. The van der Waals surface area contributed by atoms with Crippen LogP contribution in [0.5, 0.6) is 0 Å². The summed E-state index contributed by atoms with van der Waals surface area (Å²) in [5.41, 5.74) is 0.0737. The molecule has 0 fully saturated rings. The van der Waals surface area contributed by atoms with Gasteiger partial charge in [-0.25, -0.2) is 17.9 Å². The number of carboxylic acid groups (broad SMARTS) is 1. The Hall–Kier alpha value is -1.97. The number of sulfonamides is 1. The van der Waals surface area contributed by atoms with Gasteiger partial charge in [0.1, 0.15) is 6.04 Å². The SMILES string of the molecule is COCCNS(=O)(=O)c1cccc(C(=O)N[C@H](CC(C)C)C(=O)O)c1. The number of ether oxygens (including phenoxy) is 1. The van der Waals surface area contributed by atoms with Gasteiger partial charge >= 0.3 is 5.97 Å². The first-order valence-corrected chi connectivity index (χ1v) is 9.28. The second kappa shape index (κ2) is 9.50. The van der Waals surface area contributed by atoms with Crippen molar-refractivity contribution in [2.45, 2.75) is 31.2 Å². The summed E-state index contributed by atoms with van der Waals surface area (Å²) < 4.78 is 31.5. The van der Waals surface area contributed by atoms with E-state index in [1.165, 1.54) is 31.4 Å². The van der Waals surface area contributed by atoms with E-state index in [9.17, 15) is 23.1 Å². The lowest BCUT2D eigenvalue weighted by molar-refractivity contribution is -0.139. The van der Waals surface area contributed by atoms with E-state index in [2.05, 4.69) is 10.0 Å². The van der Waals surface area contributed by atoms with Gasteiger partial charge in [-0.05, 0) is 30.5 Å². The quantitative estimate of drug-likeness (QED) is 0.523. The highest BCUT2D eigenvalue weighted by Gasteiger charge is 2.22. The van der Waals surface area contributed by atoms with Gasteiger partial charge in [0, 0.05) is 19.2 Å². The van der Waals surface area contributed by atoms with Crippen LogP contribution in [0.15, 0.2) is 29.2 Å². The monoisotopic (exact) mass is 372 g/mol. The minimum Gasteiger partial charge on any atom is -0.480 e. The van der Waals surface area contributed by atoms with Gasteiger partial charge in [0.05, 0.1) is 11.5 Å². The maximum absolute atomic E-state index is 12.3. The number of nitrogens with one attached hydrogen (secondary N) is 2. The lowest BCUT2D eigenvalue weighted by atomic mass is 10.0. The molecule has 25 heavy (non-hydrogen) atoms. The van der Waals surface area contributed by atoms with Crippen molar-refractivity contribution in [3.63, 3.8) is 0 Å². The Bertz CT molecular complexity index is 702. The molecule has 0 saturated carbocycles. The number of aliphatic carboxylic acids is 1. The standard InChI is InChI=1S/C16H24N2O6S/c1-11(2)9-14(16(20)21)18-15(19)12-5-4-6-13(10-12)25(22,23)17-7-8-24-3/h4-6,10-11,14,17H,7-9H2,1-3H3,(H,18,19)(H,20,21)/t14-/m1/s1. The molecule has 0 spiro atoms. The maximum atomic E-state index is 12.3. The van der Waals surface area contributed by atoms with Crippen molar-refractivity contribution in [2.24, 2.45) is 5.92 Å². The van der Waals surface area contributed by atoms with E-state index in [0.29, 0.717) is 0 Å². The Morgan fingerprint density at radius 1 is 1.28 bits per heavy atom. The van der Waals surface area contributed by atoms with Crippen molar-refractivity contribution in [1.29, 1.82) is 0 Å². The Kier molecular flexibility index (Phi) is 8.01. The summed E-state index contributed by atoms with van der Waals surface area (Å²) in [6.45, 7) is 4.02. The van der Waals surface area contributed by atoms with Gasteiger partial charge in [-0.3, -0.25) is 4.79 Å². The van der Waals surface area contributed by atoms with Crippen LogP contribution in [0, 0.1) is 5.92 Å². The third-order valence-electron chi connectivity index (χ3n) is 3.32. The Labute approximate surface area is 147 Å². The predicted molar refractivity (Wildman–Crippen MR) is 91.9 cm³/mol. The third-order valence-corrected chi connectivity index (χ3v) is 4.77. The van der Waals surface area contributed by atoms with Crippen LogP contribution in [0.2, 0.25) is 0 Å². The Morgan fingerprint density at radius 2 is 1.96 bits per heavy atom. The first-order chi connectivity index (χ1) is 11.7. The molecule has 3 N–H and O–H groups in total. The second-order valence-electron chi connectivity index (χ2n) is 5.91. The van der Waals surface area contributed by atoms with Crippen LogP contribution in [0.3, 0.4) is 0 Å². The van der Waals surface area contributed by atoms with Gasteiger partial charge in [0.15, 0.2) is 0 Å². The molecule has 1 aromatic rings. The predicted octanol–water partition coefficient (Wildman–Crippen LogP) is 0.840.